The fourth-order valence-electron chi connectivity index (χ4n) is 1.86. The molecule has 0 bridgehead atoms. The summed E-state index contributed by atoms with van der Waals surface area (Å²) in [6, 6.07) is 7.73. The Balaban J connectivity index is 1.78. The summed E-state index contributed by atoms with van der Waals surface area (Å²) in [6.45, 7) is 3.28. The molecule has 1 aromatic carbocycles. The molecule has 0 amide bonds. The molecule has 0 saturated heterocycles. The van der Waals surface area contributed by atoms with Gasteiger partial charge in [-0.05, 0) is 31.1 Å². The van der Waals surface area contributed by atoms with Crippen LogP contribution in [-0.2, 0) is 25.6 Å². The Labute approximate surface area is 146 Å². The van der Waals surface area contributed by atoms with Crippen LogP contribution in [0.2, 0.25) is 0 Å². The summed E-state index contributed by atoms with van der Waals surface area (Å²) < 4.78 is 11.5. The number of rotatable bonds is 7. The molecule has 132 valence electrons. The first-order chi connectivity index (χ1) is 11.8. The summed E-state index contributed by atoms with van der Waals surface area (Å²) in [5.41, 5.74) is 6.40. The van der Waals surface area contributed by atoms with E-state index in [-0.39, 0.29) is 0 Å². The first kappa shape index (κ1) is 18.4. The van der Waals surface area contributed by atoms with Gasteiger partial charge < -0.3 is 19.8 Å². The maximum absolute atomic E-state index is 11.6. The first-order valence-electron chi connectivity index (χ1n) is 7.70. The lowest BCUT2D eigenvalue weighted by Gasteiger charge is -2.15. The second-order valence-corrected chi connectivity index (χ2v) is 6.04. The maximum atomic E-state index is 11.6. The van der Waals surface area contributed by atoms with Gasteiger partial charge in [0, 0.05) is 25.0 Å². The number of imidazole rings is 1. The molecular formula is C18H21N3O4. The summed E-state index contributed by atoms with van der Waals surface area (Å²) in [7, 11) is 0. The van der Waals surface area contributed by atoms with Crippen molar-refractivity contribution < 1.29 is 19.1 Å². The molecule has 2 aromatic rings. The van der Waals surface area contributed by atoms with E-state index in [1.165, 1.54) is 19.9 Å². The van der Waals surface area contributed by atoms with Crippen molar-refractivity contribution in [3.63, 3.8) is 0 Å². The number of esters is 2. The highest BCUT2D eigenvalue weighted by Crippen LogP contribution is 2.08. The lowest BCUT2D eigenvalue weighted by atomic mass is 10.1. The van der Waals surface area contributed by atoms with Crippen LogP contribution in [0.1, 0.15) is 25.0 Å². The molecule has 0 aliphatic rings. The molecule has 25 heavy (non-hydrogen) atoms. The average Bonchev–Trinajstić information content (AvgIpc) is 3.06. The predicted octanol–water partition coefficient (Wildman–Crippen LogP) is 1.73. The number of hydrogen-bond donors (Lipinski definition) is 1. The first-order valence-corrected chi connectivity index (χ1v) is 7.70. The second kappa shape index (κ2) is 8.25. The van der Waals surface area contributed by atoms with Crippen LogP contribution in [-0.4, -0.2) is 33.8 Å². The standard InChI is InChI=1S/C18H21N3O4/c1-18(2,19)17(23)25-13-24-16(22)8-7-14-3-5-15(6-4-14)11-21-10-9-20-12-21/h3-10,12H,11,13,19H2,1-2H3/b8-7+. The van der Waals surface area contributed by atoms with Crippen molar-refractivity contribution >= 4 is 18.0 Å². The van der Waals surface area contributed by atoms with Gasteiger partial charge in [-0.2, -0.15) is 0 Å². The van der Waals surface area contributed by atoms with Gasteiger partial charge in [0.2, 0.25) is 6.79 Å². The Kier molecular flexibility index (Phi) is 6.08. The highest BCUT2D eigenvalue weighted by atomic mass is 16.7. The van der Waals surface area contributed by atoms with Crippen molar-refractivity contribution in [1.29, 1.82) is 0 Å². The van der Waals surface area contributed by atoms with Gasteiger partial charge in [-0.3, -0.25) is 0 Å². The molecule has 0 spiro atoms. The van der Waals surface area contributed by atoms with Gasteiger partial charge in [0.1, 0.15) is 5.54 Å². The second-order valence-electron chi connectivity index (χ2n) is 6.04. The number of benzene rings is 1. The minimum Gasteiger partial charge on any atom is -0.426 e. The molecule has 0 saturated carbocycles. The van der Waals surface area contributed by atoms with Gasteiger partial charge in [0.25, 0.3) is 0 Å². The molecule has 0 fully saturated rings. The number of nitrogens with zero attached hydrogens (tertiary/aromatic N) is 2. The van der Waals surface area contributed by atoms with Crippen LogP contribution >= 0.6 is 0 Å². The van der Waals surface area contributed by atoms with Gasteiger partial charge in [-0.1, -0.05) is 24.3 Å². The highest BCUT2D eigenvalue weighted by Gasteiger charge is 2.23. The maximum Gasteiger partial charge on any atom is 0.333 e. The van der Waals surface area contributed by atoms with E-state index < -0.39 is 24.3 Å². The van der Waals surface area contributed by atoms with Crippen LogP contribution in [0, 0.1) is 0 Å². The Morgan fingerprint density at radius 2 is 1.96 bits per heavy atom. The summed E-state index contributed by atoms with van der Waals surface area (Å²) in [4.78, 5) is 27.0. The number of aromatic nitrogens is 2. The van der Waals surface area contributed by atoms with Crippen molar-refractivity contribution in [2.45, 2.75) is 25.9 Å². The Morgan fingerprint density at radius 3 is 2.56 bits per heavy atom. The number of carbonyl (C=O) groups excluding carboxylic acids is 2. The van der Waals surface area contributed by atoms with E-state index in [1.54, 1.807) is 18.6 Å². The Morgan fingerprint density at radius 1 is 1.24 bits per heavy atom. The quantitative estimate of drug-likeness (QED) is 0.467. The zero-order valence-corrected chi connectivity index (χ0v) is 14.2. The minimum absolute atomic E-state index is 0.466. The molecule has 1 aromatic heterocycles. The molecule has 0 radical (unpaired) electrons. The number of carbonyl (C=O) groups is 2. The van der Waals surface area contributed by atoms with Crippen molar-refractivity contribution in [2.75, 3.05) is 6.79 Å². The fourth-order valence-corrected chi connectivity index (χ4v) is 1.86. The molecule has 2 N–H and O–H groups in total. The number of nitrogens with two attached hydrogens (primary N) is 1. The third kappa shape index (κ3) is 6.23. The zero-order chi connectivity index (χ0) is 18.3. The average molecular weight is 343 g/mol. The molecule has 2 rings (SSSR count). The molecule has 1 heterocycles. The SMILES string of the molecule is CC(C)(N)C(=O)OCOC(=O)/C=C/c1ccc(Cn2ccnc2)cc1. The van der Waals surface area contributed by atoms with E-state index >= 15 is 0 Å². The van der Waals surface area contributed by atoms with Crippen LogP contribution < -0.4 is 5.73 Å². The van der Waals surface area contributed by atoms with Gasteiger partial charge >= 0.3 is 11.9 Å². The molecule has 0 aliphatic carbocycles. The summed E-state index contributed by atoms with van der Waals surface area (Å²) in [5, 5.41) is 0. The molecule has 7 nitrogen and oxygen atoms in total. The molecule has 7 heteroatoms. The lowest BCUT2D eigenvalue weighted by Crippen LogP contribution is -2.43. The summed E-state index contributed by atoms with van der Waals surface area (Å²) >= 11 is 0. The van der Waals surface area contributed by atoms with E-state index in [9.17, 15) is 9.59 Å². The third-order valence-electron chi connectivity index (χ3n) is 3.23. The largest absolute Gasteiger partial charge is 0.426 e. The monoisotopic (exact) mass is 343 g/mol. The zero-order valence-electron chi connectivity index (χ0n) is 14.2. The minimum atomic E-state index is -1.12. The normalized spacial score (nSPS) is 11.5. The summed E-state index contributed by atoms with van der Waals surface area (Å²) in [6.07, 6.45) is 8.27. The third-order valence-corrected chi connectivity index (χ3v) is 3.23. The van der Waals surface area contributed by atoms with Crippen molar-refractivity contribution in [2.24, 2.45) is 5.73 Å². The molecule has 0 atom stereocenters. The van der Waals surface area contributed by atoms with E-state index in [0.717, 1.165) is 17.7 Å². The van der Waals surface area contributed by atoms with Crippen molar-refractivity contribution in [3.8, 4) is 0 Å². The number of ether oxygens (including phenoxy) is 2. The number of hydrogen-bond acceptors (Lipinski definition) is 6. The predicted molar refractivity (Wildman–Crippen MR) is 92.1 cm³/mol. The van der Waals surface area contributed by atoms with Crippen LogP contribution in [0.5, 0.6) is 0 Å². The lowest BCUT2D eigenvalue weighted by molar-refractivity contribution is -0.167. The fraction of sp³-hybridized carbons (Fsp3) is 0.278. The van der Waals surface area contributed by atoms with Crippen LogP contribution in [0.3, 0.4) is 0 Å². The van der Waals surface area contributed by atoms with Crippen molar-refractivity contribution in [3.05, 3.63) is 60.2 Å². The molecular weight excluding hydrogens is 322 g/mol. The van der Waals surface area contributed by atoms with Gasteiger partial charge in [-0.15, -0.1) is 0 Å². The van der Waals surface area contributed by atoms with E-state index in [0.29, 0.717) is 0 Å². The smallest absolute Gasteiger partial charge is 0.333 e. The van der Waals surface area contributed by atoms with E-state index in [4.69, 9.17) is 15.2 Å². The molecule has 0 aliphatic heterocycles. The van der Waals surface area contributed by atoms with E-state index in [2.05, 4.69) is 4.98 Å². The van der Waals surface area contributed by atoms with Crippen LogP contribution in [0.15, 0.2) is 49.1 Å². The highest BCUT2D eigenvalue weighted by molar-refractivity contribution is 5.87. The van der Waals surface area contributed by atoms with Gasteiger partial charge in [0.05, 0.1) is 6.33 Å². The van der Waals surface area contributed by atoms with Gasteiger partial charge in [-0.25, -0.2) is 14.6 Å². The van der Waals surface area contributed by atoms with Crippen LogP contribution in [0.4, 0.5) is 0 Å². The Hall–Kier alpha value is -2.93. The van der Waals surface area contributed by atoms with Crippen LogP contribution in [0.25, 0.3) is 6.08 Å². The van der Waals surface area contributed by atoms with E-state index in [1.807, 2.05) is 35.0 Å². The Bertz CT molecular complexity index is 729. The summed E-state index contributed by atoms with van der Waals surface area (Å²) in [5.74, 6) is -1.25. The van der Waals surface area contributed by atoms with Gasteiger partial charge in [0.15, 0.2) is 0 Å². The topological polar surface area (TPSA) is 96.4 Å². The molecule has 0 unspecified atom stereocenters. The van der Waals surface area contributed by atoms with Crippen molar-refractivity contribution in [1.82, 2.24) is 9.55 Å².